The van der Waals surface area contributed by atoms with E-state index in [0.29, 0.717) is 37.4 Å². The number of carbonyl (C=O) groups excluding carboxylic acids is 1. The van der Waals surface area contributed by atoms with E-state index in [0.717, 1.165) is 42.7 Å². The van der Waals surface area contributed by atoms with Crippen molar-refractivity contribution >= 4 is 17.6 Å². The first-order valence-corrected chi connectivity index (χ1v) is 16.1. The van der Waals surface area contributed by atoms with Gasteiger partial charge in [0.2, 0.25) is 5.91 Å². The summed E-state index contributed by atoms with van der Waals surface area (Å²) in [4.78, 5) is 28.5. The molecular weight excluding hydrogens is 546 g/mol. The molecule has 5 rings (SSSR count). The van der Waals surface area contributed by atoms with Gasteiger partial charge in [0, 0.05) is 49.6 Å². The number of aliphatic hydroxyl groups excluding tert-OH is 1. The van der Waals surface area contributed by atoms with Gasteiger partial charge in [0.1, 0.15) is 0 Å². The molecule has 9 heteroatoms. The maximum atomic E-state index is 12.6. The first kappa shape index (κ1) is 31.6. The summed E-state index contributed by atoms with van der Waals surface area (Å²) in [6.07, 6.45) is 7.51. The molecule has 234 valence electrons. The average Bonchev–Trinajstić information content (AvgIpc) is 3.69. The van der Waals surface area contributed by atoms with Crippen LogP contribution in [-0.4, -0.2) is 76.8 Å². The van der Waals surface area contributed by atoms with Crippen molar-refractivity contribution in [1.29, 1.82) is 0 Å². The van der Waals surface area contributed by atoms with Crippen LogP contribution in [0.2, 0.25) is 0 Å². The van der Waals surface area contributed by atoms with Crippen LogP contribution in [0, 0.1) is 0 Å². The monoisotopic (exact) mass is 593 g/mol. The maximum Gasteiger partial charge on any atom is 0.303 e. The lowest BCUT2D eigenvalue weighted by molar-refractivity contribution is -0.253. The predicted molar refractivity (Wildman–Crippen MR) is 164 cm³/mol. The lowest BCUT2D eigenvalue weighted by atomic mass is 9.99. The van der Waals surface area contributed by atoms with E-state index >= 15 is 0 Å². The minimum absolute atomic E-state index is 0.00831. The molecule has 0 aromatic heterocycles. The van der Waals surface area contributed by atoms with E-state index in [-0.39, 0.29) is 31.1 Å². The number of unbranched alkanes of at least 4 members (excludes halogenated alkanes) is 2. The number of benzene rings is 2. The molecule has 0 bridgehead atoms. The summed E-state index contributed by atoms with van der Waals surface area (Å²) in [5.74, 6) is -0.891. The van der Waals surface area contributed by atoms with Gasteiger partial charge in [-0.25, -0.2) is 0 Å². The fourth-order valence-corrected chi connectivity index (χ4v) is 6.63. The van der Waals surface area contributed by atoms with Gasteiger partial charge in [0.15, 0.2) is 6.29 Å². The molecule has 0 radical (unpaired) electrons. The minimum Gasteiger partial charge on any atom is -0.481 e. The largest absolute Gasteiger partial charge is 0.481 e. The Morgan fingerprint density at radius 1 is 0.884 bits per heavy atom. The highest BCUT2D eigenvalue weighted by molar-refractivity contribution is 5.90. The second-order valence-electron chi connectivity index (χ2n) is 12.3. The third-order valence-electron chi connectivity index (χ3n) is 8.96. The van der Waals surface area contributed by atoms with Gasteiger partial charge >= 0.3 is 5.97 Å². The molecule has 0 saturated carbocycles. The number of carboxylic acids is 1. The van der Waals surface area contributed by atoms with Crippen LogP contribution in [0.5, 0.6) is 0 Å². The molecule has 3 N–H and O–H groups in total. The van der Waals surface area contributed by atoms with Crippen molar-refractivity contribution in [3.8, 4) is 0 Å². The fraction of sp³-hybridized carbons (Fsp3) is 0.588. The van der Waals surface area contributed by atoms with Crippen LogP contribution in [0.1, 0.15) is 93.3 Å². The molecular formula is C34H47N3O6. The highest BCUT2D eigenvalue weighted by Gasteiger charge is 2.36. The molecule has 3 aliphatic rings. The summed E-state index contributed by atoms with van der Waals surface area (Å²) >= 11 is 0. The molecule has 1 amide bonds. The number of nitrogens with zero attached hydrogens (tertiary/aromatic N) is 2. The number of anilines is 1. The van der Waals surface area contributed by atoms with Crippen molar-refractivity contribution in [3.63, 3.8) is 0 Å². The zero-order valence-electron chi connectivity index (χ0n) is 25.2. The first-order chi connectivity index (χ1) is 21.0. The lowest BCUT2D eigenvalue weighted by Gasteiger charge is -2.39. The lowest BCUT2D eigenvalue weighted by Crippen LogP contribution is -2.45. The normalized spacial score (nSPS) is 24.8. The molecule has 0 unspecified atom stereocenters. The zero-order valence-corrected chi connectivity index (χ0v) is 25.2. The standard InChI is InChI=1S/C34H47N3O6/c38-24-25-13-15-26(16-14-25)31-21-30(23-37-19-7-10-29(37)22-36-17-4-5-18-36)42-34(43-31)27-8-6-9-28(20-27)35-32(39)11-2-1-3-12-33(40)41/h6,8-9,13-16,20,29-31,34,38H,1-5,7,10-12,17-19,21-24H2,(H,35,39)(H,40,41)/t29-,30+,31-,34-/m0/s1. The molecule has 0 spiro atoms. The Morgan fingerprint density at radius 2 is 1.67 bits per heavy atom. The second kappa shape index (κ2) is 15.8. The smallest absolute Gasteiger partial charge is 0.303 e. The molecule has 3 saturated heterocycles. The number of carbonyl (C=O) groups is 2. The Hall–Kier alpha value is -2.82. The van der Waals surface area contributed by atoms with E-state index in [4.69, 9.17) is 14.6 Å². The summed E-state index contributed by atoms with van der Waals surface area (Å²) in [6, 6.07) is 16.2. The highest BCUT2D eigenvalue weighted by Crippen LogP contribution is 2.39. The summed E-state index contributed by atoms with van der Waals surface area (Å²) in [7, 11) is 0. The molecule has 9 nitrogen and oxygen atoms in total. The van der Waals surface area contributed by atoms with Crippen LogP contribution in [-0.2, 0) is 25.7 Å². The van der Waals surface area contributed by atoms with Gasteiger partial charge in [-0.1, -0.05) is 42.8 Å². The number of nitrogens with one attached hydrogen (secondary N) is 1. The minimum atomic E-state index is -0.803. The van der Waals surface area contributed by atoms with E-state index in [2.05, 4.69) is 15.1 Å². The second-order valence-corrected chi connectivity index (χ2v) is 12.3. The van der Waals surface area contributed by atoms with Crippen LogP contribution < -0.4 is 5.32 Å². The summed E-state index contributed by atoms with van der Waals surface area (Å²) in [5.41, 5.74) is 3.49. The topological polar surface area (TPSA) is 112 Å². The van der Waals surface area contributed by atoms with Crippen LogP contribution in [0.25, 0.3) is 0 Å². The Kier molecular flexibility index (Phi) is 11.6. The average molecular weight is 594 g/mol. The number of aliphatic hydroxyl groups is 1. The molecule has 43 heavy (non-hydrogen) atoms. The molecule has 0 aliphatic carbocycles. The number of likely N-dealkylation sites (tertiary alicyclic amines) is 2. The number of aliphatic carboxylic acids is 1. The number of carboxylic acid groups (broad SMARTS) is 1. The Balaban J connectivity index is 1.25. The predicted octanol–water partition coefficient (Wildman–Crippen LogP) is 5.26. The Bertz CT molecular complexity index is 1180. The van der Waals surface area contributed by atoms with Crippen LogP contribution in [0.4, 0.5) is 5.69 Å². The van der Waals surface area contributed by atoms with E-state index < -0.39 is 12.3 Å². The quantitative estimate of drug-likeness (QED) is 0.255. The van der Waals surface area contributed by atoms with E-state index in [1.807, 2.05) is 48.5 Å². The van der Waals surface area contributed by atoms with Crippen molar-refractivity contribution in [3.05, 3.63) is 65.2 Å². The Morgan fingerprint density at radius 3 is 2.44 bits per heavy atom. The van der Waals surface area contributed by atoms with Crippen molar-refractivity contribution < 1.29 is 29.3 Å². The summed E-state index contributed by atoms with van der Waals surface area (Å²) in [6.45, 7) is 5.53. The Labute approximate surface area is 255 Å². The van der Waals surface area contributed by atoms with E-state index in [1.165, 1.54) is 38.8 Å². The third-order valence-corrected chi connectivity index (χ3v) is 8.96. The van der Waals surface area contributed by atoms with Crippen LogP contribution in [0.15, 0.2) is 48.5 Å². The summed E-state index contributed by atoms with van der Waals surface area (Å²) < 4.78 is 13.2. The molecule has 4 atom stereocenters. The van der Waals surface area contributed by atoms with Gasteiger partial charge in [0.25, 0.3) is 0 Å². The molecule has 3 heterocycles. The summed E-state index contributed by atoms with van der Waals surface area (Å²) in [5, 5.41) is 21.3. The number of hydrogen-bond acceptors (Lipinski definition) is 7. The van der Waals surface area contributed by atoms with E-state index in [9.17, 15) is 14.7 Å². The van der Waals surface area contributed by atoms with Gasteiger partial charge in [-0.15, -0.1) is 0 Å². The molecule has 2 aromatic rings. The maximum absolute atomic E-state index is 12.6. The number of amides is 1. The van der Waals surface area contributed by atoms with Gasteiger partial charge in [0.05, 0.1) is 18.8 Å². The van der Waals surface area contributed by atoms with Crippen molar-refractivity contribution in [2.24, 2.45) is 0 Å². The highest BCUT2D eigenvalue weighted by atomic mass is 16.7. The van der Waals surface area contributed by atoms with Crippen LogP contribution in [0.3, 0.4) is 0 Å². The number of rotatable bonds is 14. The van der Waals surface area contributed by atoms with Crippen molar-refractivity contribution in [1.82, 2.24) is 9.80 Å². The molecule has 2 aromatic carbocycles. The zero-order chi connectivity index (χ0) is 30.0. The SMILES string of the molecule is O=C(O)CCCCCC(=O)Nc1cccc([C@H]2O[C@@H](CN3CCC[C@H]3CN3CCCC3)C[C@@H](c3ccc(CO)cc3)O2)c1. The fourth-order valence-electron chi connectivity index (χ4n) is 6.63. The first-order valence-electron chi connectivity index (χ1n) is 16.1. The van der Waals surface area contributed by atoms with E-state index in [1.54, 1.807) is 0 Å². The number of ether oxygens (including phenoxy) is 2. The van der Waals surface area contributed by atoms with Crippen LogP contribution >= 0.6 is 0 Å². The number of hydrogen-bond donors (Lipinski definition) is 3. The molecule has 3 aliphatic heterocycles. The van der Waals surface area contributed by atoms with Gasteiger partial charge in [-0.05, 0) is 81.4 Å². The van der Waals surface area contributed by atoms with Gasteiger partial charge < -0.3 is 29.9 Å². The third kappa shape index (κ3) is 9.33. The van der Waals surface area contributed by atoms with Crippen molar-refractivity contribution in [2.75, 3.05) is 38.0 Å². The van der Waals surface area contributed by atoms with Gasteiger partial charge in [-0.2, -0.15) is 0 Å². The van der Waals surface area contributed by atoms with Gasteiger partial charge in [-0.3, -0.25) is 14.5 Å². The van der Waals surface area contributed by atoms with Crippen molar-refractivity contribution in [2.45, 2.75) is 95.4 Å². The molecule has 3 fully saturated rings.